The Balaban J connectivity index is 1.61. The van der Waals surface area contributed by atoms with E-state index in [1.54, 1.807) is 6.20 Å². The summed E-state index contributed by atoms with van der Waals surface area (Å²) in [6.45, 7) is 4.30. The molecule has 0 atom stereocenters. The van der Waals surface area contributed by atoms with Crippen LogP contribution in [-0.2, 0) is 0 Å². The molecule has 2 aromatic heterocycles. The second-order valence-electron chi connectivity index (χ2n) is 6.77. The van der Waals surface area contributed by atoms with Crippen LogP contribution < -0.4 is 15.8 Å². The number of hydrogen-bond donors (Lipinski definition) is 2. The van der Waals surface area contributed by atoms with Gasteiger partial charge in [0.05, 0.1) is 5.52 Å². The first-order valence-corrected chi connectivity index (χ1v) is 9.11. The summed E-state index contributed by atoms with van der Waals surface area (Å²) in [6.07, 6.45) is 3.20. The molecule has 2 aromatic carbocycles. The van der Waals surface area contributed by atoms with Crippen molar-refractivity contribution < 1.29 is 4.74 Å². The fourth-order valence-electron chi connectivity index (χ4n) is 2.93. The SMILES string of the molecule is CC(C)c1ccc(Oc2ncnc(Nc3cccc4ncccc34)c2N)cc1. The van der Waals surface area contributed by atoms with Crippen LogP contribution in [0.4, 0.5) is 17.2 Å². The molecule has 0 aliphatic rings. The van der Waals surface area contributed by atoms with E-state index >= 15 is 0 Å². The minimum atomic E-state index is 0.313. The molecule has 0 fully saturated rings. The number of fused-ring (bicyclic) bond motifs is 1. The van der Waals surface area contributed by atoms with Crippen LogP contribution >= 0.6 is 0 Å². The van der Waals surface area contributed by atoms with Crippen LogP contribution in [0.15, 0.2) is 67.1 Å². The number of rotatable bonds is 5. The Bertz CT molecular complexity index is 1100. The zero-order valence-corrected chi connectivity index (χ0v) is 15.8. The smallest absolute Gasteiger partial charge is 0.248 e. The average Bonchev–Trinajstić information content (AvgIpc) is 2.71. The highest BCUT2D eigenvalue weighted by Gasteiger charge is 2.12. The number of pyridine rings is 1. The van der Waals surface area contributed by atoms with Crippen molar-refractivity contribution >= 4 is 28.1 Å². The van der Waals surface area contributed by atoms with Crippen LogP contribution in [0.1, 0.15) is 25.3 Å². The number of nitrogen functional groups attached to an aromatic ring is 1. The first kappa shape index (κ1) is 17.7. The molecule has 0 amide bonds. The molecule has 0 aliphatic carbocycles. The number of anilines is 3. The molecule has 4 aromatic rings. The fraction of sp³-hybridized carbons (Fsp3) is 0.136. The Hall–Kier alpha value is -3.67. The normalized spacial score (nSPS) is 11.0. The van der Waals surface area contributed by atoms with Crippen LogP contribution in [-0.4, -0.2) is 15.0 Å². The van der Waals surface area contributed by atoms with Crippen molar-refractivity contribution in [1.82, 2.24) is 15.0 Å². The monoisotopic (exact) mass is 371 g/mol. The topological polar surface area (TPSA) is 86.0 Å². The molecule has 6 nitrogen and oxygen atoms in total. The minimum Gasteiger partial charge on any atom is -0.437 e. The van der Waals surface area contributed by atoms with E-state index in [9.17, 15) is 0 Å². The lowest BCUT2D eigenvalue weighted by molar-refractivity contribution is 0.464. The lowest BCUT2D eigenvalue weighted by Crippen LogP contribution is -2.03. The number of nitrogens with zero attached hydrogens (tertiary/aromatic N) is 3. The molecule has 0 saturated heterocycles. The highest BCUT2D eigenvalue weighted by molar-refractivity contribution is 5.93. The maximum absolute atomic E-state index is 6.27. The Morgan fingerprint density at radius 1 is 0.929 bits per heavy atom. The van der Waals surface area contributed by atoms with Crippen molar-refractivity contribution in [2.24, 2.45) is 0 Å². The van der Waals surface area contributed by atoms with Crippen molar-refractivity contribution in [2.45, 2.75) is 19.8 Å². The van der Waals surface area contributed by atoms with Gasteiger partial charge < -0.3 is 15.8 Å². The largest absolute Gasteiger partial charge is 0.437 e. The number of nitrogens with one attached hydrogen (secondary N) is 1. The van der Waals surface area contributed by atoms with Gasteiger partial charge in [0.15, 0.2) is 5.82 Å². The van der Waals surface area contributed by atoms with Gasteiger partial charge in [-0.1, -0.05) is 32.0 Å². The maximum atomic E-state index is 6.27. The van der Waals surface area contributed by atoms with E-state index in [1.807, 2.05) is 54.6 Å². The van der Waals surface area contributed by atoms with Crippen molar-refractivity contribution in [3.8, 4) is 11.6 Å². The number of nitrogens with two attached hydrogens (primary N) is 1. The van der Waals surface area contributed by atoms with Crippen molar-refractivity contribution in [3.05, 3.63) is 72.7 Å². The van der Waals surface area contributed by atoms with E-state index in [4.69, 9.17) is 10.5 Å². The van der Waals surface area contributed by atoms with Gasteiger partial charge in [0.2, 0.25) is 5.88 Å². The number of hydrogen-bond acceptors (Lipinski definition) is 6. The predicted molar refractivity (Wildman–Crippen MR) is 112 cm³/mol. The molecule has 0 spiro atoms. The van der Waals surface area contributed by atoms with Gasteiger partial charge in [0.25, 0.3) is 0 Å². The second-order valence-corrected chi connectivity index (χ2v) is 6.77. The molecule has 0 bridgehead atoms. The van der Waals surface area contributed by atoms with Gasteiger partial charge in [0, 0.05) is 17.3 Å². The summed E-state index contributed by atoms with van der Waals surface area (Å²) in [6, 6.07) is 17.7. The Morgan fingerprint density at radius 3 is 2.54 bits per heavy atom. The molecule has 0 radical (unpaired) electrons. The lowest BCUT2D eigenvalue weighted by atomic mass is 10.0. The average molecular weight is 371 g/mol. The van der Waals surface area contributed by atoms with Crippen LogP contribution in [0, 0.1) is 0 Å². The first-order chi connectivity index (χ1) is 13.6. The molecular weight excluding hydrogens is 350 g/mol. The third-order valence-corrected chi connectivity index (χ3v) is 4.51. The highest BCUT2D eigenvalue weighted by Crippen LogP contribution is 2.33. The van der Waals surface area contributed by atoms with Crippen molar-refractivity contribution in [1.29, 1.82) is 0 Å². The predicted octanol–water partition coefficient (Wildman–Crippen LogP) is 5.27. The summed E-state index contributed by atoms with van der Waals surface area (Å²) in [5.74, 6) is 1.94. The van der Waals surface area contributed by atoms with Gasteiger partial charge in [-0.15, -0.1) is 0 Å². The summed E-state index contributed by atoms with van der Waals surface area (Å²) < 4.78 is 5.88. The van der Waals surface area contributed by atoms with Crippen LogP contribution in [0.2, 0.25) is 0 Å². The zero-order valence-electron chi connectivity index (χ0n) is 15.8. The van der Waals surface area contributed by atoms with Gasteiger partial charge >= 0.3 is 0 Å². The van der Waals surface area contributed by atoms with Crippen LogP contribution in [0.25, 0.3) is 10.9 Å². The summed E-state index contributed by atoms with van der Waals surface area (Å²) in [7, 11) is 0. The third kappa shape index (κ3) is 3.57. The van der Waals surface area contributed by atoms with E-state index in [2.05, 4.69) is 34.1 Å². The van der Waals surface area contributed by atoms with Gasteiger partial charge in [-0.2, -0.15) is 4.98 Å². The molecule has 6 heteroatoms. The van der Waals surface area contributed by atoms with E-state index < -0.39 is 0 Å². The first-order valence-electron chi connectivity index (χ1n) is 9.11. The van der Waals surface area contributed by atoms with Gasteiger partial charge in [-0.25, -0.2) is 4.98 Å². The van der Waals surface area contributed by atoms with E-state index in [1.165, 1.54) is 11.9 Å². The van der Waals surface area contributed by atoms with E-state index in [0.717, 1.165) is 16.6 Å². The summed E-state index contributed by atoms with van der Waals surface area (Å²) in [5.41, 5.74) is 9.62. The number of aromatic nitrogens is 3. The van der Waals surface area contributed by atoms with Crippen LogP contribution in [0.3, 0.4) is 0 Å². The number of benzene rings is 2. The summed E-state index contributed by atoms with van der Waals surface area (Å²) >= 11 is 0. The van der Waals surface area contributed by atoms with Crippen LogP contribution in [0.5, 0.6) is 11.6 Å². The maximum Gasteiger partial charge on any atom is 0.248 e. The lowest BCUT2D eigenvalue weighted by Gasteiger charge is -2.13. The molecule has 140 valence electrons. The van der Waals surface area contributed by atoms with Crippen molar-refractivity contribution in [3.63, 3.8) is 0 Å². The highest BCUT2D eigenvalue weighted by atomic mass is 16.5. The van der Waals surface area contributed by atoms with E-state index in [0.29, 0.717) is 29.1 Å². The zero-order chi connectivity index (χ0) is 19.5. The molecule has 4 rings (SSSR count). The quantitative estimate of drug-likeness (QED) is 0.497. The standard InChI is InChI=1S/C22H21N5O/c1-14(2)15-8-10-16(11-9-15)28-22-20(23)21(25-13-26-22)27-19-7-3-6-18-17(19)5-4-12-24-18/h3-14H,23H2,1-2H3,(H,25,26,27). The third-order valence-electron chi connectivity index (χ3n) is 4.51. The molecule has 2 heterocycles. The fourth-order valence-corrected chi connectivity index (χ4v) is 2.93. The van der Waals surface area contributed by atoms with Crippen molar-refractivity contribution in [2.75, 3.05) is 11.1 Å². The van der Waals surface area contributed by atoms with Gasteiger partial charge in [-0.3, -0.25) is 4.98 Å². The van der Waals surface area contributed by atoms with Gasteiger partial charge in [-0.05, 0) is 47.9 Å². The molecular formula is C22H21N5O. The minimum absolute atomic E-state index is 0.313. The molecule has 3 N–H and O–H groups in total. The molecule has 0 saturated carbocycles. The second kappa shape index (κ2) is 7.52. The van der Waals surface area contributed by atoms with E-state index in [-0.39, 0.29) is 0 Å². The van der Waals surface area contributed by atoms with Gasteiger partial charge in [0.1, 0.15) is 17.8 Å². The molecule has 0 unspecified atom stereocenters. The summed E-state index contributed by atoms with van der Waals surface area (Å²) in [5, 5.41) is 4.25. The number of ether oxygens (including phenoxy) is 1. The Labute approximate surface area is 163 Å². The Kier molecular flexibility index (Phi) is 4.76. The molecule has 28 heavy (non-hydrogen) atoms. The summed E-state index contributed by atoms with van der Waals surface area (Å²) in [4.78, 5) is 12.8. The molecule has 0 aliphatic heterocycles. The Morgan fingerprint density at radius 2 is 1.75 bits per heavy atom.